The van der Waals surface area contributed by atoms with E-state index in [1.807, 2.05) is 19.2 Å². The summed E-state index contributed by atoms with van der Waals surface area (Å²) in [4.78, 5) is 107. The van der Waals surface area contributed by atoms with Gasteiger partial charge in [-0.05, 0) is 31.6 Å². The fourth-order valence-corrected chi connectivity index (χ4v) is 3.60. The smallest absolute Gasteiger partial charge is 0.322 e. The summed E-state index contributed by atoms with van der Waals surface area (Å²) < 4.78 is 0. The van der Waals surface area contributed by atoms with Crippen LogP contribution in [0.25, 0.3) is 0 Å². The first-order valence-corrected chi connectivity index (χ1v) is 13.5. The molecule has 0 aromatic heterocycles. The van der Waals surface area contributed by atoms with Gasteiger partial charge >= 0.3 is 23.9 Å². The van der Waals surface area contributed by atoms with Gasteiger partial charge in [0.05, 0.1) is 12.6 Å². The van der Waals surface area contributed by atoms with Crippen molar-refractivity contribution in [1.82, 2.24) is 26.6 Å². The predicted molar refractivity (Wildman–Crippen MR) is 147 cm³/mol. The van der Waals surface area contributed by atoms with Crippen LogP contribution in [0.1, 0.15) is 58.8 Å². The predicted octanol–water partition coefficient (Wildman–Crippen LogP) is -3.27. The molecule has 0 aliphatic carbocycles. The molecule has 0 heterocycles. The highest BCUT2D eigenvalue weighted by atomic mass is 16.4. The Morgan fingerprint density at radius 3 is 1.32 bits per heavy atom. The molecule has 44 heavy (non-hydrogen) atoms. The SMILES string of the molecule is CC(C)C[C@H](N)C(=O)N[C@@H](CCC(=O)O)C(=O)NCC(=O)N[C@@H](CCC(=O)O)C(=O)N[C@@H](CCC(=O)O)C(=O)NCC(=O)O. The fourth-order valence-electron chi connectivity index (χ4n) is 3.60. The van der Waals surface area contributed by atoms with E-state index in [0.29, 0.717) is 0 Å². The van der Waals surface area contributed by atoms with Crippen LogP contribution in [-0.2, 0) is 43.2 Å². The van der Waals surface area contributed by atoms with Gasteiger partial charge in [0.25, 0.3) is 0 Å². The highest BCUT2D eigenvalue weighted by Gasteiger charge is 2.29. The molecule has 0 saturated carbocycles. The summed E-state index contributed by atoms with van der Waals surface area (Å²) in [5.74, 6) is -10.1. The van der Waals surface area contributed by atoms with Gasteiger partial charge in [-0.2, -0.15) is 0 Å². The van der Waals surface area contributed by atoms with Crippen LogP contribution in [0, 0.1) is 5.92 Å². The highest BCUT2D eigenvalue weighted by Crippen LogP contribution is 2.06. The van der Waals surface area contributed by atoms with Crippen LogP contribution in [0.4, 0.5) is 0 Å². The van der Waals surface area contributed by atoms with Crippen molar-refractivity contribution >= 4 is 53.4 Å². The van der Waals surface area contributed by atoms with Gasteiger partial charge in [-0.1, -0.05) is 13.8 Å². The van der Waals surface area contributed by atoms with E-state index in [9.17, 15) is 43.2 Å². The Bertz CT molecular complexity index is 1080. The lowest BCUT2D eigenvalue weighted by molar-refractivity contribution is -0.140. The van der Waals surface area contributed by atoms with Crippen molar-refractivity contribution in [3.8, 4) is 0 Å². The summed E-state index contributed by atoms with van der Waals surface area (Å²) in [7, 11) is 0. The Labute approximate surface area is 251 Å². The quantitative estimate of drug-likeness (QED) is 0.0560. The Morgan fingerprint density at radius 2 is 0.932 bits per heavy atom. The van der Waals surface area contributed by atoms with Crippen molar-refractivity contribution in [2.45, 2.75) is 83.0 Å². The van der Waals surface area contributed by atoms with E-state index in [1.165, 1.54) is 0 Å². The van der Waals surface area contributed by atoms with Crippen molar-refractivity contribution in [2.75, 3.05) is 13.1 Å². The van der Waals surface area contributed by atoms with Crippen LogP contribution in [0.2, 0.25) is 0 Å². The largest absolute Gasteiger partial charge is 0.481 e. The molecule has 0 bridgehead atoms. The maximum atomic E-state index is 12.9. The molecule has 0 saturated heterocycles. The van der Waals surface area contributed by atoms with Gasteiger partial charge in [0.1, 0.15) is 24.7 Å². The van der Waals surface area contributed by atoms with E-state index in [4.69, 9.17) is 26.2 Å². The van der Waals surface area contributed by atoms with Crippen LogP contribution in [0.15, 0.2) is 0 Å². The molecule has 0 unspecified atom stereocenters. The second-order valence-electron chi connectivity index (χ2n) is 10.1. The average molecular weight is 633 g/mol. The molecular formula is C25H40N6O13. The molecule has 11 N–H and O–H groups in total. The van der Waals surface area contributed by atoms with E-state index < -0.39 is 123 Å². The number of hydrogen-bond acceptors (Lipinski definition) is 10. The van der Waals surface area contributed by atoms with Crippen LogP contribution in [0.5, 0.6) is 0 Å². The first-order chi connectivity index (χ1) is 20.4. The van der Waals surface area contributed by atoms with E-state index in [2.05, 4.69) is 21.3 Å². The van der Waals surface area contributed by atoms with Gasteiger partial charge in [0.2, 0.25) is 29.5 Å². The standard InChI is InChI=1S/C25H40N6O13/c1-12(2)9-13(26)22(41)30-14(3-6-18(33)34)23(42)27-10-17(32)29-16(5-8-20(37)38)25(44)31-15(4-7-19(35)36)24(43)28-11-21(39)40/h12-16H,3-11,26H2,1-2H3,(H,27,42)(H,28,43)(H,29,32)(H,30,41)(H,31,44)(H,33,34)(H,35,36)(H,37,38)(H,39,40)/t13-,14-,15-,16-/m0/s1. The molecule has 0 spiro atoms. The summed E-state index contributed by atoms with van der Waals surface area (Å²) in [5.41, 5.74) is 5.81. The molecule has 0 aliphatic rings. The summed E-state index contributed by atoms with van der Waals surface area (Å²) in [5, 5.41) is 46.6. The summed E-state index contributed by atoms with van der Waals surface area (Å²) in [6.07, 6.45) is -2.76. The van der Waals surface area contributed by atoms with E-state index in [-0.39, 0.29) is 18.8 Å². The number of amides is 5. The molecule has 5 amide bonds. The van der Waals surface area contributed by atoms with E-state index >= 15 is 0 Å². The van der Waals surface area contributed by atoms with Gasteiger partial charge in [-0.3, -0.25) is 43.2 Å². The second kappa shape index (κ2) is 20.2. The zero-order valence-electron chi connectivity index (χ0n) is 24.3. The average Bonchev–Trinajstić information content (AvgIpc) is 2.91. The monoisotopic (exact) mass is 632 g/mol. The Morgan fingerprint density at radius 1 is 0.545 bits per heavy atom. The van der Waals surface area contributed by atoms with Gasteiger partial charge < -0.3 is 52.7 Å². The zero-order valence-corrected chi connectivity index (χ0v) is 24.3. The van der Waals surface area contributed by atoms with Crippen LogP contribution in [0.3, 0.4) is 0 Å². The highest BCUT2D eigenvalue weighted by molar-refractivity contribution is 5.95. The molecule has 0 aromatic carbocycles. The minimum Gasteiger partial charge on any atom is -0.481 e. The number of nitrogens with one attached hydrogen (secondary N) is 5. The summed E-state index contributed by atoms with van der Waals surface area (Å²) in [6, 6.07) is -5.51. The van der Waals surface area contributed by atoms with Crippen molar-refractivity contribution in [2.24, 2.45) is 11.7 Å². The maximum Gasteiger partial charge on any atom is 0.322 e. The molecule has 19 heteroatoms. The number of carbonyl (C=O) groups is 9. The molecule has 0 radical (unpaired) electrons. The molecule has 0 fully saturated rings. The first kappa shape index (κ1) is 39.2. The second-order valence-corrected chi connectivity index (χ2v) is 10.1. The number of hydrogen-bond donors (Lipinski definition) is 10. The van der Waals surface area contributed by atoms with Gasteiger partial charge in [0, 0.05) is 19.3 Å². The minimum absolute atomic E-state index is 0.0450. The lowest BCUT2D eigenvalue weighted by atomic mass is 10.0. The van der Waals surface area contributed by atoms with Gasteiger partial charge in [0.15, 0.2) is 0 Å². The van der Waals surface area contributed by atoms with Gasteiger partial charge in [-0.25, -0.2) is 0 Å². The number of nitrogens with two attached hydrogens (primary N) is 1. The zero-order chi connectivity index (χ0) is 34.0. The third kappa shape index (κ3) is 17.9. The fraction of sp³-hybridized carbons (Fsp3) is 0.640. The molecule has 19 nitrogen and oxygen atoms in total. The van der Waals surface area contributed by atoms with Crippen molar-refractivity contribution in [3.05, 3.63) is 0 Å². The number of aliphatic carboxylic acids is 4. The third-order valence-corrected chi connectivity index (χ3v) is 5.76. The summed E-state index contributed by atoms with van der Waals surface area (Å²) >= 11 is 0. The van der Waals surface area contributed by atoms with Crippen LogP contribution < -0.4 is 32.3 Å². The Balaban J connectivity index is 5.55. The van der Waals surface area contributed by atoms with Crippen molar-refractivity contribution in [3.63, 3.8) is 0 Å². The third-order valence-electron chi connectivity index (χ3n) is 5.76. The Kier molecular flexibility index (Phi) is 18.0. The van der Waals surface area contributed by atoms with Gasteiger partial charge in [-0.15, -0.1) is 0 Å². The topological polar surface area (TPSA) is 321 Å². The van der Waals surface area contributed by atoms with Crippen molar-refractivity contribution < 1.29 is 63.6 Å². The van der Waals surface area contributed by atoms with E-state index in [1.54, 1.807) is 0 Å². The van der Waals surface area contributed by atoms with E-state index in [0.717, 1.165) is 0 Å². The number of rotatable bonds is 22. The minimum atomic E-state index is -1.59. The van der Waals surface area contributed by atoms with Crippen LogP contribution in [-0.4, -0.2) is 111 Å². The maximum absolute atomic E-state index is 12.9. The number of carboxylic acids is 4. The first-order valence-electron chi connectivity index (χ1n) is 13.5. The molecular weight excluding hydrogens is 592 g/mol. The normalized spacial score (nSPS) is 13.4. The van der Waals surface area contributed by atoms with Crippen molar-refractivity contribution in [1.29, 1.82) is 0 Å². The summed E-state index contributed by atoms with van der Waals surface area (Å²) in [6.45, 7) is 1.99. The molecule has 0 rings (SSSR count). The molecule has 0 aliphatic heterocycles. The number of carbonyl (C=O) groups excluding carboxylic acids is 5. The molecule has 4 atom stereocenters. The molecule has 248 valence electrons. The Hall–Kier alpha value is -4.81. The molecule has 0 aromatic rings. The number of carboxylic acid groups (broad SMARTS) is 4. The lowest BCUT2D eigenvalue weighted by Crippen LogP contribution is -2.56. The van der Waals surface area contributed by atoms with Crippen LogP contribution >= 0.6 is 0 Å². The lowest BCUT2D eigenvalue weighted by Gasteiger charge is -2.23.